The van der Waals surface area contributed by atoms with Gasteiger partial charge in [0.25, 0.3) is 0 Å². The predicted octanol–water partition coefficient (Wildman–Crippen LogP) is 2.95. The van der Waals surface area contributed by atoms with E-state index in [4.69, 9.17) is 14.0 Å². The van der Waals surface area contributed by atoms with Gasteiger partial charge in [-0.05, 0) is 42.0 Å². The Balaban J connectivity index is 1.60. The zero-order valence-corrected chi connectivity index (χ0v) is 15.5. The van der Waals surface area contributed by atoms with E-state index >= 15 is 0 Å². The average molecular weight is 367 g/mol. The first-order valence-electron chi connectivity index (χ1n) is 8.43. The van der Waals surface area contributed by atoms with Gasteiger partial charge in [0.1, 0.15) is 11.5 Å². The number of amides is 1. The highest BCUT2D eigenvalue weighted by Gasteiger charge is 2.15. The molecule has 3 rings (SSSR count). The summed E-state index contributed by atoms with van der Waals surface area (Å²) in [5.74, 6) is 2.34. The second kappa shape index (κ2) is 8.35. The Morgan fingerprint density at radius 2 is 1.59 bits per heavy atom. The van der Waals surface area contributed by atoms with E-state index < -0.39 is 0 Å². The van der Waals surface area contributed by atoms with Crippen LogP contribution in [0.1, 0.15) is 11.5 Å². The van der Waals surface area contributed by atoms with Gasteiger partial charge in [-0.1, -0.05) is 17.3 Å². The zero-order chi connectivity index (χ0) is 19.2. The van der Waals surface area contributed by atoms with E-state index in [1.54, 1.807) is 26.2 Å². The second-order valence-electron chi connectivity index (χ2n) is 6.01. The molecule has 1 heterocycles. The van der Waals surface area contributed by atoms with Gasteiger partial charge in [0.2, 0.25) is 17.6 Å². The molecule has 3 aromatic rings. The normalized spacial score (nSPS) is 10.5. The second-order valence-corrected chi connectivity index (χ2v) is 6.01. The van der Waals surface area contributed by atoms with Gasteiger partial charge in [-0.15, -0.1) is 0 Å². The van der Waals surface area contributed by atoms with Gasteiger partial charge < -0.3 is 18.9 Å². The lowest BCUT2D eigenvalue weighted by Crippen LogP contribution is -2.27. The van der Waals surface area contributed by atoms with E-state index in [2.05, 4.69) is 10.1 Å². The monoisotopic (exact) mass is 367 g/mol. The fraction of sp³-hybridized carbons (Fsp3) is 0.250. The summed E-state index contributed by atoms with van der Waals surface area (Å²) >= 11 is 0. The van der Waals surface area contributed by atoms with Crippen molar-refractivity contribution in [3.05, 3.63) is 60.0 Å². The Bertz CT molecular complexity index is 888. The number of hydrogen-bond acceptors (Lipinski definition) is 6. The fourth-order valence-corrected chi connectivity index (χ4v) is 2.52. The number of carbonyl (C=O) groups excluding carboxylic acids is 1. The van der Waals surface area contributed by atoms with Crippen molar-refractivity contribution in [3.8, 4) is 22.9 Å². The van der Waals surface area contributed by atoms with Crippen LogP contribution < -0.4 is 9.47 Å². The number of likely N-dealkylation sites (N-methyl/N-ethyl adjacent to an activating group) is 1. The van der Waals surface area contributed by atoms with Crippen LogP contribution in [-0.4, -0.2) is 42.2 Å². The lowest BCUT2D eigenvalue weighted by Gasteiger charge is -2.14. The molecule has 0 N–H and O–H groups in total. The molecule has 140 valence electrons. The lowest BCUT2D eigenvalue weighted by molar-refractivity contribution is -0.130. The van der Waals surface area contributed by atoms with Crippen molar-refractivity contribution in [3.63, 3.8) is 0 Å². The van der Waals surface area contributed by atoms with E-state index in [0.29, 0.717) is 18.1 Å². The average Bonchev–Trinajstić information content (AvgIpc) is 3.17. The first kappa shape index (κ1) is 18.4. The summed E-state index contributed by atoms with van der Waals surface area (Å²) in [7, 11) is 4.93. The molecule has 0 aliphatic rings. The molecule has 0 unspecified atom stereocenters. The third-order valence-electron chi connectivity index (χ3n) is 4.13. The Morgan fingerprint density at radius 3 is 2.19 bits per heavy atom. The Hall–Kier alpha value is -3.35. The summed E-state index contributed by atoms with van der Waals surface area (Å²) in [6, 6.07) is 14.8. The molecule has 0 aliphatic heterocycles. The highest BCUT2D eigenvalue weighted by Crippen LogP contribution is 2.20. The molecule has 1 amide bonds. The summed E-state index contributed by atoms with van der Waals surface area (Å²) in [4.78, 5) is 18.3. The summed E-state index contributed by atoms with van der Waals surface area (Å²) in [5.41, 5.74) is 1.73. The molecule has 0 radical (unpaired) electrons. The molecule has 1 aromatic heterocycles. The summed E-state index contributed by atoms with van der Waals surface area (Å²) in [6.45, 7) is 0.248. The highest BCUT2D eigenvalue weighted by molar-refractivity contribution is 5.78. The van der Waals surface area contributed by atoms with Crippen molar-refractivity contribution in [1.82, 2.24) is 15.0 Å². The van der Waals surface area contributed by atoms with Crippen molar-refractivity contribution < 1.29 is 18.8 Å². The predicted molar refractivity (Wildman–Crippen MR) is 99.5 cm³/mol. The molecule has 0 spiro atoms. The van der Waals surface area contributed by atoms with Gasteiger partial charge in [0, 0.05) is 12.6 Å². The molecule has 7 heteroatoms. The van der Waals surface area contributed by atoms with Crippen molar-refractivity contribution in [1.29, 1.82) is 0 Å². The lowest BCUT2D eigenvalue weighted by atomic mass is 10.1. The molecule has 2 aromatic carbocycles. The minimum absolute atomic E-state index is 0.0376. The number of hydrogen-bond donors (Lipinski definition) is 0. The Labute approximate surface area is 157 Å². The van der Waals surface area contributed by atoms with Crippen molar-refractivity contribution in [2.24, 2.45) is 0 Å². The summed E-state index contributed by atoms with van der Waals surface area (Å²) in [6.07, 6.45) is 0.292. The van der Waals surface area contributed by atoms with Gasteiger partial charge >= 0.3 is 0 Å². The van der Waals surface area contributed by atoms with Crippen LogP contribution in [0.15, 0.2) is 53.1 Å². The SMILES string of the molecule is COc1ccc(CC(=O)N(C)Cc2nc(-c3ccc(OC)cc3)no2)cc1. The molecule has 27 heavy (non-hydrogen) atoms. The highest BCUT2D eigenvalue weighted by atomic mass is 16.5. The van der Waals surface area contributed by atoms with Crippen molar-refractivity contribution in [2.75, 3.05) is 21.3 Å². The van der Waals surface area contributed by atoms with Crippen LogP contribution in [0.3, 0.4) is 0 Å². The first-order chi connectivity index (χ1) is 13.1. The molecular weight excluding hydrogens is 346 g/mol. The zero-order valence-electron chi connectivity index (χ0n) is 15.5. The molecule has 0 atom stereocenters. The van der Waals surface area contributed by atoms with Gasteiger partial charge in [-0.2, -0.15) is 4.98 Å². The van der Waals surface area contributed by atoms with Crippen LogP contribution in [0, 0.1) is 0 Å². The molecule has 0 saturated heterocycles. The third kappa shape index (κ3) is 4.63. The maximum absolute atomic E-state index is 12.4. The fourth-order valence-electron chi connectivity index (χ4n) is 2.52. The van der Waals surface area contributed by atoms with Crippen LogP contribution in [0.25, 0.3) is 11.4 Å². The van der Waals surface area contributed by atoms with E-state index in [9.17, 15) is 4.79 Å². The summed E-state index contributed by atoms with van der Waals surface area (Å²) in [5, 5.41) is 3.98. The number of benzene rings is 2. The Kier molecular flexibility index (Phi) is 5.71. The number of rotatable bonds is 7. The van der Waals surface area contributed by atoms with Crippen LogP contribution in [0.4, 0.5) is 0 Å². The molecule has 0 aliphatic carbocycles. The van der Waals surface area contributed by atoms with Crippen LogP contribution in [0.5, 0.6) is 11.5 Å². The smallest absolute Gasteiger partial charge is 0.246 e. The number of ether oxygens (including phenoxy) is 2. The number of carbonyl (C=O) groups is 1. The van der Waals surface area contributed by atoms with Gasteiger partial charge in [-0.25, -0.2) is 0 Å². The maximum Gasteiger partial charge on any atom is 0.246 e. The number of aromatic nitrogens is 2. The number of nitrogens with zero attached hydrogens (tertiary/aromatic N) is 3. The third-order valence-corrected chi connectivity index (χ3v) is 4.13. The molecule has 0 saturated carbocycles. The molecular formula is C20H21N3O4. The maximum atomic E-state index is 12.4. The van der Waals surface area contributed by atoms with Crippen LogP contribution in [0.2, 0.25) is 0 Å². The van der Waals surface area contributed by atoms with Gasteiger partial charge in [0.15, 0.2) is 0 Å². The van der Waals surface area contributed by atoms with E-state index in [0.717, 1.165) is 22.6 Å². The number of methoxy groups -OCH3 is 2. The largest absolute Gasteiger partial charge is 0.497 e. The minimum atomic E-state index is -0.0376. The quantitative estimate of drug-likeness (QED) is 0.639. The molecule has 0 fully saturated rings. The van der Waals surface area contributed by atoms with Crippen LogP contribution in [-0.2, 0) is 17.8 Å². The van der Waals surface area contributed by atoms with Gasteiger partial charge in [-0.3, -0.25) is 4.79 Å². The summed E-state index contributed by atoms with van der Waals surface area (Å²) < 4.78 is 15.5. The first-order valence-corrected chi connectivity index (χ1v) is 8.43. The van der Waals surface area contributed by atoms with E-state index in [1.807, 2.05) is 48.5 Å². The topological polar surface area (TPSA) is 77.7 Å². The molecule has 7 nitrogen and oxygen atoms in total. The van der Waals surface area contributed by atoms with E-state index in [1.165, 1.54) is 0 Å². The molecule has 0 bridgehead atoms. The van der Waals surface area contributed by atoms with Crippen molar-refractivity contribution in [2.45, 2.75) is 13.0 Å². The van der Waals surface area contributed by atoms with Crippen LogP contribution >= 0.6 is 0 Å². The van der Waals surface area contributed by atoms with E-state index in [-0.39, 0.29) is 12.5 Å². The van der Waals surface area contributed by atoms with Crippen molar-refractivity contribution >= 4 is 5.91 Å². The van der Waals surface area contributed by atoms with Gasteiger partial charge in [0.05, 0.1) is 27.2 Å². The standard InChI is InChI=1S/C20H21N3O4/c1-23(19(24)12-14-4-8-16(25-2)9-5-14)13-18-21-20(22-27-18)15-6-10-17(26-3)11-7-15/h4-11H,12-13H2,1-3H3. The Morgan fingerprint density at radius 1 is 1.00 bits per heavy atom. The minimum Gasteiger partial charge on any atom is -0.497 e.